The number of hydrogen-bond donors (Lipinski definition) is 1. The number of amides is 2. The van der Waals surface area contributed by atoms with Crippen LogP contribution in [0.2, 0.25) is 5.02 Å². The van der Waals surface area contributed by atoms with Crippen molar-refractivity contribution >= 4 is 23.4 Å². The summed E-state index contributed by atoms with van der Waals surface area (Å²) in [5.74, 6) is 1.01. The van der Waals surface area contributed by atoms with Crippen LogP contribution in [0.3, 0.4) is 0 Å². The summed E-state index contributed by atoms with van der Waals surface area (Å²) < 4.78 is 7.48. The summed E-state index contributed by atoms with van der Waals surface area (Å²) in [6.07, 6.45) is 3.19. The van der Waals surface area contributed by atoms with Gasteiger partial charge in [-0.2, -0.15) is 4.98 Å². The van der Waals surface area contributed by atoms with Crippen molar-refractivity contribution < 1.29 is 9.53 Å². The highest BCUT2D eigenvalue weighted by atomic mass is 35.5. The number of hydrogen-bond acceptors (Lipinski definition) is 5. The summed E-state index contributed by atoms with van der Waals surface area (Å²) in [7, 11) is 0. The van der Waals surface area contributed by atoms with Gasteiger partial charge in [-0.05, 0) is 30.7 Å². The van der Waals surface area contributed by atoms with E-state index in [1.807, 2.05) is 31.2 Å². The van der Waals surface area contributed by atoms with Crippen LogP contribution in [0.1, 0.15) is 24.4 Å². The Hall–Kier alpha value is -2.71. The van der Waals surface area contributed by atoms with Gasteiger partial charge in [-0.1, -0.05) is 23.7 Å². The van der Waals surface area contributed by atoms with E-state index in [1.54, 1.807) is 27.9 Å². The van der Waals surface area contributed by atoms with Gasteiger partial charge in [0.05, 0.1) is 19.2 Å². The first-order valence-corrected chi connectivity index (χ1v) is 9.07. The minimum Gasteiger partial charge on any atom is -0.370 e. The van der Waals surface area contributed by atoms with E-state index in [4.69, 9.17) is 16.3 Å². The van der Waals surface area contributed by atoms with Crippen molar-refractivity contribution in [2.75, 3.05) is 13.2 Å². The van der Waals surface area contributed by atoms with Crippen LogP contribution in [-0.4, -0.2) is 49.7 Å². The number of fused-ring (bicyclic) bond motifs is 1. The molecule has 0 spiro atoms. The van der Waals surface area contributed by atoms with Gasteiger partial charge in [0.1, 0.15) is 6.10 Å². The first kappa shape index (κ1) is 17.7. The lowest BCUT2D eigenvalue weighted by atomic mass is 10.0. The smallest absolute Gasteiger partial charge is 0.318 e. The molecule has 1 fully saturated rings. The van der Waals surface area contributed by atoms with Gasteiger partial charge in [-0.25, -0.2) is 14.3 Å². The number of ether oxygens (including phenoxy) is 1. The van der Waals surface area contributed by atoms with E-state index in [1.165, 1.54) is 0 Å². The Kier molecular flexibility index (Phi) is 4.91. The summed E-state index contributed by atoms with van der Waals surface area (Å²) in [5.41, 5.74) is 0.959. The molecule has 1 N–H and O–H groups in total. The molecule has 4 rings (SSSR count). The predicted molar refractivity (Wildman–Crippen MR) is 99.3 cm³/mol. The molecule has 8 nitrogen and oxygen atoms in total. The quantitative estimate of drug-likeness (QED) is 0.747. The third-order valence-corrected chi connectivity index (χ3v) is 4.79. The van der Waals surface area contributed by atoms with Gasteiger partial charge >= 0.3 is 6.03 Å². The molecule has 3 aromatic rings. The zero-order valence-corrected chi connectivity index (χ0v) is 15.5. The number of carbonyl (C=O) groups excluding carboxylic acids is 1. The van der Waals surface area contributed by atoms with E-state index < -0.39 is 0 Å². The number of rotatable bonds is 3. The molecule has 27 heavy (non-hydrogen) atoms. The number of carbonyl (C=O) groups is 1. The fourth-order valence-electron chi connectivity index (χ4n) is 3.24. The Morgan fingerprint density at radius 1 is 1.41 bits per heavy atom. The fourth-order valence-corrected chi connectivity index (χ4v) is 3.43. The molecule has 3 heterocycles. The number of morpholine rings is 1. The second-order valence-corrected chi connectivity index (χ2v) is 6.77. The molecule has 9 heteroatoms. The highest BCUT2D eigenvalue weighted by molar-refractivity contribution is 6.30. The Balaban J connectivity index is 1.43. The summed E-state index contributed by atoms with van der Waals surface area (Å²) in [5, 5.41) is 7.82. The topological polar surface area (TPSA) is 84.6 Å². The van der Waals surface area contributed by atoms with Gasteiger partial charge in [0.15, 0.2) is 5.82 Å². The maximum absolute atomic E-state index is 12.7. The molecule has 2 amide bonds. The first-order chi connectivity index (χ1) is 13.1. The fraction of sp³-hybridized carbons (Fsp3) is 0.333. The molecule has 0 unspecified atom stereocenters. The monoisotopic (exact) mass is 386 g/mol. The standard InChI is InChI=1S/C18H19ClN6O2/c1-12-16(13-4-2-5-14(19)10-13)27-9-8-24(12)18(26)21-11-15-22-17-20-6-3-7-25(17)23-15/h2-7,10,12,16H,8-9,11H2,1H3,(H,21,26)/t12-,16+/m1/s1. The largest absolute Gasteiger partial charge is 0.370 e. The lowest BCUT2D eigenvalue weighted by Crippen LogP contribution is -2.52. The number of aromatic nitrogens is 4. The third kappa shape index (κ3) is 3.72. The maximum atomic E-state index is 12.7. The molecule has 1 saturated heterocycles. The van der Waals surface area contributed by atoms with Gasteiger partial charge < -0.3 is 15.0 Å². The van der Waals surface area contributed by atoms with Crippen LogP contribution in [0, 0.1) is 0 Å². The van der Waals surface area contributed by atoms with Crippen LogP contribution in [0.25, 0.3) is 5.78 Å². The SMILES string of the molecule is C[C@@H]1[C@@H](c2cccc(Cl)c2)OCCN1C(=O)NCc1nc2ncccn2n1. The number of benzene rings is 1. The highest BCUT2D eigenvalue weighted by Gasteiger charge is 2.33. The summed E-state index contributed by atoms with van der Waals surface area (Å²) in [6, 6.07) is 9.00. The van der Waals surface area contributed by atoms with Gasteiger partial charge in [0, 0.05) is 24.0 Å². The van der Waals surface area contributed by atoms with Crippen LogP contribution in [0.4, 0.5) is 4.79 Å². The zero-order valence-electron chi connectivity index (χ0n) is 14.7. The molecule has 1 aliphatic rings. The van der Waals surface area contributed by atoms with Gasteiger partial charge in [0.25, 0.3) is 5.78 Å². The molecular weight excluding hydrogens is 368 g/mol. The Morgan fingerprint density at radius 3 is 3.11 bits per heavy atom. The Labute approximate surface area is 161 Å². The van der Waals surface area contributed by atoms with Crippen molar-refractivity contribution in [1.82, 2.24) is 29.8 Å². The van der Waals surface area contributed by atoms with Crippen molar-refractivity contribution in [2.45, 2.75) is 25.6 Å². The van der Waals surface area contributed by atoms with E-state index in [-0.39, 0.29) is 24.7 Å². The average molecular weight is 387 g/mol. The van der Waals surface area contributed by atoms with Crippen molar-refractivity contribution in [1.29, 1.82) is 0 Å². The normalized spacial score (nSPS) is 20.0. The molecule has 1 aliphatic heterocycles. The Bertz CT molecular complexity index is 929. The molecule has 0 saturated carbocycles. The predicted octanol–water partition coefficient (Wildman–Crippen LogP) is 2.45. The lowest BCUT2D eigenvalue weighted by Gasteiger charge is -2.39. The van der Waals surface area contributed by atoms with E-state index in [0.717, 1.165) is 5.56 Å². The minimum atomic E-state index is -0.222. The minimum absolute atomic E-state index is 0.132. The van der Waals surface area contributed by atoms with Gasteiger partial charge in [-0.15, -0.1) is 5.10 Å². The first-order valence-electron chi connectivity index (χ1n) is 8.69. The maximum Gasteiger partial charge on any atom is 0.318 e. The van der Waals surface area contributed by atoms with Crippen LogP contribution in [0.5, 0.6) is 0 Å². The molecule has 140 valence electrons. The van der Waals surface area contributed by atoms with Crippen molar-refractivity contribution in [3.05, 3.63) is 59.1 Å². The summed E-state index contributed by atoms with van der Waals surface area (Å²) in [6.45, 7) is 3.18. The van der Waals surface area contributed by atoms with Crippen molar-refractivity contribution in [2.24, 2.45) is 0 Å². The summed E-state index contributed by atoms with van der Waals surface area (Å²) in [4.78, 5) is 22.9. The molecule has 2 aromatic heterocycles. The number of urea groups is 1. The summed E-state index contributed by atoms with van der Waals surface area (Å²) >= 11 is 6.09. The molecule has 1 aromatic carbocycles. The number of nitrogens with one attached hydrogen (secondary N) is 1. The van der Waals surface area contributed by atoms with Gasteiger partial charge in [-0.3, -0.25) is 0 Å². The molecule has 2 atom stereocenters. The molecule has 0 bridgehead atoms. The third-order valence-electron chi connectivity index (χ3n) is 4.56. The second-order valence-electron chi connectivity index (χ2n) is 6.33. The molecule has 0 radical (unpaired) electrons. The zero-order chi connectivity index (χ0) is 18.8. The highest BCUT2D eigenvalue weighted by Crippen LogP contribution is 2.29. The Morgan fingerprint density at radius 2 is 2.30 bits per heavy atom. The van der Waals surface area contributed by atoms with E-state index in [9.17, 15) is 4.79 Å². The number of nitrogens with zero attached hydrogens (tertiary/aromatic N) is 5. The van der Waals surface area contributed by atoms with Gasteiger partial charge in [0.2, 0.25) is 0 Å². The second kappa shape index (κ2) is 7.50. The lowest BCUT2D eigenvalue weighted by molar-refractivity contribution is -0.0498. The molecule has 0 aliphatic carbocycles. The molecular formula is C18H19ClN6O2. The van der Waals surface area contributed by atoms with Crippen molar-refractivity contribution in [3.63, 3.8) is 0 Å². The van der Waals surface area contributed by atoms with Crippen molar-refractivity contribution in [3.8, 4) is 0 Å². The van der Waals surface area contributed by atoms with E-state index >= 15 is 0 Å². The van der Waals surface area contributed by atoms with Crippen LogP contribution < -0.4 is 5.32 Å². The average Bonchev–Trinajstić information content (AvgIpc) is 3.09. The van der Waals surface area contributed by atoms with E-state index in [0.29, 0.717) is 29.8 Å². The van der Waals surface area contributed by atoms with Crippen LogP contribution in [-0.2, 0) is 11.3 Å². The van der Waals surface area contributed by atoms with Crippen LogP contribution >= 0.6 is 11.6 Å². The van der Waals surface area contributed by atoms with E-state index in [2.05, 4.69) is 20.4 Å². The number of halogens is 1. The van der Waals surface area contributed by atoms with Crippen LogP contribution in [0.15, 0.2) is 42.7 Å².